The smallest absolute Gasteiger partial charge is 0.0437 e. The molecule has 0 bridgehead atoms. The van der Waals surface area contributed by atoms with Crippen molar-refractivity contribution in [3.05, 3.63) is 34.3 Å². The van der Waals surface area contributed by atoms with Gasteiger partial charge in [-0.3, -0.25) is 0 Å². The highest BCUT2D eigenvalue weighted by Crippen LogP contribution is 2.19. The number of hydrogen-bond acceptors (Lipinski definition) is 1. The van der Waals surface area contributed by atoms with Crippen molar-refractivity contribution in [2.75, 3.05) is 6.54 Å². The van der Waals surface area contributed by atoms with Gasteiger partial charge in [0.05, 0.1) is 0 Å². The molecule has 0 radical (unpaired) electrons. The minimum absolute atomic E-state index is 0.777. The molecule has 72 valence electrons. The van der Waals surface area contributed by atoms with Crippen molar-refractivity contribution < 1.29 is 0 Å². The van der Waals surface area contributed by atoms with Gasteiger partial charge in [-0.15, -0.1) is 0 Å². The summed E-state index contributed by atoms with van der Waals surface area (Å²) in [7, 11) is 0. The number of halogens is 1. The Labute approximate surface area is 84.9 Å². The fourth-order valence-electron chi connectivity index (χ4n) is 1.38. The van der Waals surface area contributed by atoms with E-state index in [4.69, 9.17) is 17.3 Å². The van der Waals surface area contributed by atoms with Crippen LogP contribution in [0, 0.1) is 6.92 Å². The van der Waals surface area contributed by atoms with Crippen LogP contribution in [-0.4, -0.2) is 6.54 Å². The molecule has 2 N–H and O–H groups in total. The van der Waals surface area contributed by atoms with E-state index in [1.807, 2.05) is 12.1 Å². The third-order valence-electron chi connectivity index (χ3n) is 2.28. The summed E-state index contributed by atoms with van der Waals surface area (Å²) in [5.41, 5.74) is 7.99. The predicted molar refractivity (Wildman–Crippen MR) is 58.2 cm³/mol. The first kappa shape index (κ1) is 10.6. The molecule has 0 atom stereocenters. The molecule has 1 aromatic carbocycles. The number of hydrogen-bond donors (Lipinski definition) is 1. The first-order chi connectivity index (χ1) is 6.25. The van der Waals surface area contributed by atoms with Gasteiger partial charge in [-0.2, -0.15) is 0 Å². The molecule has 0 fully saturated rings. The van der Waals surface area contributed by atoms with Crippen LogP contribution < -0.4 is 5.73 Å². The van der Waals surface area contributed by atoms with Gasteiger partial charge in [-0.1, -0.05) is 23.7 Å². The second-order valence-corrected chi connectivity index (χ2v) is 3.68. The molecule has 1 nitrogen and oxygen atoms in total. The Balaban J connectivity index is 2.61. The van der Waals surface area contributed by atoms with E-state index in [9.17, 15) is 0 Å². The molecule has 2 heteroatoms. The molecular formula is C11H16ClN. The van der Waals surface area contributed by atoms with Crippen molar-refractivity contribution in [1.82, 2.24) is 0 Å². The van der Waals surface area contributed by atoms with Crippen LogP contribution in [0.2, 0.25) is 5.02 Å². The molecule has 0 unspecified atom stereocenters. The summed E-state index contributed by atoms with van der Waals surface area (Å²) in [6.45, 7) is 2.85. The topological polar surface area (TPSA) is 26.0 Å². The van der Waals surface area contributed by atoms with Crippen LogP contribution in [0.1, 0.15) is 24.0 Å². The lowest BCUT2D eigenvalue weighted by Crippen LogP contribution is -1.99. The van der Waals surface area contributed by atoms with Crippen molar-refractivity contribution in [3.8, 4) is 0 Å². The summed E-state index contributed by atoms with van der Waals surface area (Å²) in [6.07, 6.45) is 3.33. The highest BCUT2D eigenvalue weighted by Gasteiger charge is 2.00. The van der Waals surface area contributed by atoms with Gasteiger partial charge in [0.2, 0.25) is 0 Å². The Kier molecular flexibility index (Phi) is 4.26. The van der Waals surface area contributed by atoms with Crippen LogP contribution in [0.5, 0.6) is 0 Å². The van der Waals surface area contributed by atoms with Gasteiger partial charge in [-0.05, 0) is 49.9 Å². The molecule has 0 aliphatic heterocycles. The quantitative estimate of drug-likeness (QED) is 0.739. The van der Waals surface area contributed by atoms with Gasteiger partial charge >= 0.3 is 0 Å². The zero-order valence-electron chi connectivity index (χ0n) is 8.02. The lowest BCUT2D eigenvalue weighted by Gasteiger charge is -2.06. The van der Waals surface area contributed by atoms with E-state index in [1.165, 1.54) is 11.1 Å². The fraction of sp³-hybridized carbons (Fsp3) is 0.455. The van der Waals surface area contributed by atoms with Crippen LogP contribution in [0.3, 0.4) is 0 Å². The van der Waals surface area contributed by atoms with Gasteiger partial charge in [0, 0.05) is 5.02 Å². The summed E-state index contributed by atoms with van der Waals surface area (Å²) in [6, 6.07) is 6.08. The van der Waals surface area contributed by atoms with E-state index in [0.717, 1.165) is 30.8 Å². The van der Waals surface area contributed by atoms with Crippen LogP contribution in [-0.2, 0) is 6.42 Å². The van der Waals surface area contributed by atoms with E-state index >= 15 is 0 Å². The van der Waals surface area contributed by atoms with E-state index in [1.54, 1.807) is 0 Å². The average Bonchev–Trinajstić information content (AvgIpc) is 2.13. The maximum Gasteiger partial charge on any atom is 0.0437 e. The van der Waals surface area contributed by atoms with E-state index < -0.39 is 0 Å². The standard InChI is InChI=1S/C11H16ClN/c1-9-10(5-2-3-8-13)6-4-7-11(9)12/h4,6-7H,2-3,5,8,13H2,1H3. The monoisotopic (exact) mass is 197 g/mol. The Morgan fingerprint density at radius 2 is 2.08 bits per heavy atom. The van der Waals surface area contributed by atoms with Crippen molar-refractivity contribution in [2.24, 2.45) is 5.73 Å². The highest BCUT2D eigenvalue weighted by molar-refractivity contribution is 6.31. The normalized spacial score (nSPS) is 10.4. The highest BCUT2D eigenvalue weighted by atomic mass is 35.5. The molecular weight excluding hydrogens is 182 g/mol. The Hall–Kier alpha value is -0.530. The van der Waals surface area contributed by atoms with Gasteiger partial charge < -0.3 is 5.73 Å². The summed E-state index contributed by atoms with van der Waals surface area (Å²) in [5, 5.41) is 0.866. The van der Waals surface area contributed by atoms with E-state index in [-0.39, 0.29) is 0 Å². The largest absolute Gasteiger partial charge is 0.330 e. The van der Waals surface area contributed by atoms with Crippen molar-refractivity contribution >= 4 is 11.6 Å². The molecule has 1 rings (SSSR count). The Morgan fingerprint density at radius 1 is 1.31 bits per heavy atom. The Bertz CT molecular complexity index is 271. The second kappa shape index (κ2) is 5.25. The van der Waals surface area contributed by atoms with Gasteiger partial charge in [0.25, 0.3) is 0 Å². The van der Waals surface area contributed by atoms with Gasteiger partial charge in [-0.25, -0.2) is 0 Å². The van der Waals surface area contributed by atoms with Crippen LogP contribution >= 0.6 is 11.6 Å². The molecule has 0 aliphatic carbocycles. The number of nitrogens with two attached hydrogens (primary N) is 1. The van der Waals surface area contributed by atoms with Gasteiger partial charge in [0.1, 0.15) is 0 Å². The van der Waals surface area contributed by atoms with Crippen LogP contribution in [0.15, 0.2) is 18.2 Å². The lowest BCUT2D eigenvalue weighted by atomic mass is 10.0. The number of aryl methyl sites for hydroxylation is 1. The molecule has 1 aromatic rings. The summed E-state index contributed by atoms with van der Waals surface area (Å²) < 4.78 is 0. The van der Waals surface area contributed by atoms with Crippen molar-refractivity contribution in [2.45, 2.75) is 26.2 Å². The Morgan fingerprint density at radius 3 is 2.77 bits per heavy atom. The number of rotatable bonds is 4. The van der Waals surface area contributed by atoms with Crippen molar-refractivity contribution in [1.29, 1.82) is 0 Å². The summed E-state index contributed by atoms with van der Waals surface area (Å²) in [5.74, 6) is 0. The second-order valence-electron chi connectivity index (χ2n) is 3.27. The van der Waals surface area contributed by atoms with Gasteiger partial charge in [0.15, 0.2) is 0 Å². The minimum Gasteiger partial charge on any atom is -0.330 e. The third-order valence-corrected chi connectivity index (χ3v) is 2.69. The molecule has 0 heterocycles. The zero-order valence-corrected chi connectivity index (χ0v) is 8.77. The number of unbranched alkanes of at least 4 members (excludes halogenated alkanes) is 1. The summed E-state index contributed by atoms with van der Waals surface area (Å²) >= 11 is 6.00. The van der Waals surface area contributed by atoms with E-state index in [0.29, 0.717) is 0 Å². The summed E-state index contributed by atoms with van der Waals surface area (Å²) in [4.78, 5) is 0. The van der Waals surface area contributed by atoms with Crippen LogP contribution in [0.4, 0.5) is 0 Å². The molecule has 0 saturated heterocycles. The minimum atomic E-state index is 0.777. The molecule has 0 saturated carbocycles. The fourth-order valence-corrected chi connectivity index (χ4v) is 1.58. The first-order valence-corrected chi connectivity index (χ1v) is 5.07. The average molecular weight is 198 g/mol. The first-order valence-electron chi connectivity index (χ1n) is 4.69. The molecule has 0 spiro atoms. The maximum absolute atomic E-state index is 6.00. The van der Waals surface area contributed by atoms with E-state index in [2.05, 4.69) is 13.0 Å². The SMILES string of the molecule is Cc1c(Cl)cccc1CCCCN. The zero-order chi connectivity index (χ0) is 9.68. The van der Waals surface area contributed by atoms with Crippen LogP contribution in [0.25, 0.3) is 0 Å². The molecule has 0 aliphatic rings. The lowest BCUT2D eigenvalue weighted by molar-refractivity contribution is 0.742. The molecule has 13 heavy (non-hydrogen) atoms. The maximum atomic E-state index is 6.00. The number of benzene rings is 1. The molecule has 0 aromatic heterocycles. The predicted octanol–water partition coefficient (Wildman–Crippen LogP) is 2.93. The third kappa shape index (κ3) is 3.02. The van der Waals surface area contributed by atoms with Crippen molar-refractivity contribution in [3.63, 3.8) is 0 Å². The molecule has 0 amide bonds.